The molecule has 1 atom stereocenters. The molecule has 0 aliphatic carbocycles. The van der Waals surface area contributed by atoms with Gasteiger partial charge in [0.2, 0.25) is 0 Å². The third-order valence-electron chi connectivity index (χ3n) is 2.27. The summed E-state index contributed by atoms with van der Waals surface area (Å²) in [6.45, 7) is 2.09. The lowest BCUT2D eigenvalue weighted by atomic mass is 10.1. The summed E-state index contributed by atoms with van der Waals surface area (Å²) in [5, 5.41) is 6.19. The summed E-state index contributed by atoms with van der Waals surface area (Å²) in [6.07, 6.45) is 3.79. The van der Waals surface area contributed by atoms with E-state index in [9.17, 15) is 0 Å². The minimum atomic E-state index is -0.0382. The van der Waals surface area contributed by atoms with Gasteiger partial charge in [0, 0.05) is 23.7 Å². The molecule has 0 bridgehead atoms. The SMILES string of the molecule is Cc1ccsc1C(N)c1cnn(C)c1. The molecule has 2 rings (SSSR count). The first kappa shape index (κ1) is 9.43. The highest BCUT2D eigenvalue weighted by Crippen LogP contribution is 2.26. The molecule has 0 spiro atoms. The van der Waals surface area contributed by atoms with Crippen LogP contribution < -0.4 is 5.73 Å². The van der Waals surface area contributed by atoms with Crippen LogP contribution in [-0.2, 0) is 7.05 Å². The van der Waals surface area contributed by atoms with Crippen LogP contribution in [-0.4, -0.2) is 9.78 Å². The number of thiophene rings is 1. The van der Waals surface area contributed by atoms with Crippen molar-refractivity contribution in [3.63, 3.8) is 0 Å². The Labute approximate surface area is 87.2 Å². The van der Waals surface area contributed by atoms with Crippen molar-refractivity contribution >= 4 is 11.3 Å². The number of nitrogens with zero attached hydrogens (tertiary/aromatic N) is 2. The zero-order valence-electron chi connectivity index (χ0n) is 8.27. The Balaban J connectivity index is 2.33. The Hall–Kier alpha value is -1.13. The molecule has 0 aliphatic rings. The number of aromatic nitrogens is 2. The largest absolute Gasteiger partial charge is 0.320 e. The van der Waals surface area contributed by atoms with E-state index in [1.807, 2.05) is 19.4 Å². The summed E-state index contributed by atoms with van der Waals surface area (Å²) in [4.78, 5) is 1.22. The molecule has 0 saturated carbocycles. The minimum absolute atomic E-state index is 0.0382. The average Bonchev–Trinajstić information content (AvgIpc) is 2.73. The number of hydrogen-bond donors (Lipinski definition) is 1. The van der Waals surface area contributed by atoms with E-state index >= 15 is 0 Å². The molecular formula is C10H13N3S. The van der Waals surface area contributed by atoms with Crippen molar-refractivity contribution in [3.05, 3.63) is 39.8 Å². The van der Waals surface area contributed by atoms with Gasteiger partial charge in [0.05, 0.1) is 12.2 Å². The number of nitrogens with two attached hydrogens (primary N) is 1. The molecular weight excluding hydrogens is 194 g/mol. The van der Waals surface area contributed by atoms with Gasteiger partial charge in [-0.3, -0.25) is 4.68 Å². The summed E-state index contributed by atoms with van der Waals surface area (Å²) in [6, 6.07) is 2.06. The van der Waals surface area contributed by atoms with Gasteiger partial charge in [0.1, 0.15) is 0 Å². The molecule has 4 heteroatoms. The average molecular weight is 207 g/mol. The highest BCUT2D eigenvalue weighted by molar-refractivity contribution is 7.10. The molecule has 2 aromatic heterocycles. The zero-order chi connectivity index (χ0) is 10.1. The summed E-state index contributed by atoms with van der Waals surface area (Å²) >= 11 is 1.70. The van der Waals surface area contributed by atoms with E-state index in [0.717, 1.165) is 5.56 Å². The van der Waals surface area contributed by atoms with E-state index < -0.39 is 0 Å². The Morgan fingerprint density at radius 2 is 2.36 bits per heavy atom. The molecule has 0 saturated heterocycles. The molecule has 0 fully saturated rings. The number of rotatable bonds is 2. The van der Waals surface area contributed by atoms with E-state index in [1.54, 1.807) is 16.0 Å². The van der Waals surface area contributed by atoms with Crippen LogP contribution in [0, 0.1) is 6.92 Å². The van der Waals surface area contributed by atoms with E-state index in [-0.39, 0.29) is 6.04 Å². The monoisotopic (exact) mass is 207 g/mol. The lowest BCUT2D eigenvalue weighted by Crippen LogP contribution is -2.10. The van der Waals surface area contributed by atoms with Gasteiger partial charge >= 0.3 is 0 Å². The molecule has 3 nitrogen and oxygen atoms in total. The first-order chi connectivity index (χ1) is 6.68. The van der Waals surface area contributed by atoms with E-state index in [4.69, 9.17) is 5.73 Å². The van der Waals surface area contributed by atoms with Crippen LogP contribution >= 0.6 is 11.3 Å². The van der Waals surface area contributed by atoms with Crippen molar-refractivity contribution in [2.45, 2.75) is 13.0 Å². The summed E-state index contributed by atoms with van der Waals surface area (Å²) in [5.74, 6) is 0. The van der Waals surface area contributed by atoms with Gasteiger partial charge in [-0.15, -0.1) is 11.3 Å². The number of aryl methyl sites for hydroxylation is 2. The molecule has 14 heavy (non-hydrogen) atoms. The third kappa shape index (κ3) is 1.58. The van der Waals surface area contributed by atoms with E-state index in [2.05, 4.69) is 23.5 Å². The van der Waals surface area contributed by atoms with Gasteiger partial charge in [-0.25, -0.2) is 0 Å². The standard InChI is InChI=1S/C10H13N3S/c1-7-3-4-14-10(7)9(11)8-5-12-13(2)6-8/h3-6,9H,11H2,1-2H3. The first-order valence-corrected chi connectivity index (χ1v) is 5.34. The molecule has 2 heterocycles. The van der Waals surface area contributed by atoms with Crippen molar-refractivity contribution in [2.24, 2.45) is 12.8 Å². The predicted molar refractivity (Wildman–Crippen MR) is 58.3 cm³/mol. The molecule has 0 aromatic carbocycles. The van der Waals surface area contributed by atoms with Crippen molar-refractivity contribution in [1.29, 1.82) is 0 Å². The van der Waals surface area contributed by atoms with Crippen LogP contribution in [0.1, 0.15) is 22.0 Å². The molecule has 0 aliphatic heterocycles. The molecule has 0 amide bonds. The third-order valence-corrected chi connectivity index (χ3v) is 3.37. The fourth-order valence-corrected chi connectivity index (χ4v) is 2.41. The van der Waals surface area contributed by atoms with Crippen LogP contribution in [0.15, 0.2) is 23.8 Å². The van der Waals surface area contributed by atoms with Gasteiger partial charge in [-0.2, -0.15) is 5.10 Å². The second-order valence-electron chi connectivity index (χ2n) is 3.39. The quantitative estimate of drug-likeness (QED) is 0.816. The second kappa shape index (κ2) is 3.55. The zero-order valence-corrected chi connectivity index (χ0v) is 9.08. The Morgan fingerprint density at radius 3 is 2.86 bits per heavy atom. The van der Waals surface area contributed by atoms with Gasteiger partial charge in [0.25, 0.3) is 0 Å². The van der Waals surface area contributed by atoms with Crippen molar-refractivity contribution in [2.75, 3.05) is 0 Å². The molecule has 2 aromatic rings. The lowest BCUT2D eigenvalue weighted by molar-refractivity contribution is 0.765. The van der Waals surface area contributed by atoms with Crippen LogP contribution in [0.3, 0.4) is 0 Å². The first-order valence-electron chi connectivity index (χ1n) is 4.46. The van der Waals surface area contributed by atoms with Crippen molar-refractivity contribution in [3.8, 4) is 0 Å². The van der Waals surface area contributed by atoms with Gasteiger partial charge in [-0.1, -0.05) is 0 Å². The number of hydrogen-bond acceptors (Lipinski definition) is 3. The van der Waals surface area contributed by atoms with Gasteiger partial charge in [0.15, 0.2) is 0 Å². The van der Waals surface area contributed by atoms with Crippen LogP contribution in [0.25, 0.3) is 0 Å². The fourth-order valence-electron chi connectivity index (χ4n) is 1.46. The fraction of sp³-hybridized carbons (Fsp3) is 0.300. The smallest absolute Gasteiger partial charge is 0.0679 e. The maximum atomic E-state index is 6.13. The molecule has 0 radical (unpaired) electrons. The lowest BCUT2D eigenvalue weighted by Gasteiger charge is -2.07. The van der Waals surface area contributed by atoms with Crippen LogP contribution in [0.4, 0.5) is 0 Å². The molecule has 2 N–H and O–H groups in total. The highest BCUT2D eigenvalue weighted by atomic mass is 32.1. The predicted octanol–water partition coefficient (Wildman–Crippen LogP) is 1.84. The highest BCUT2D eigenvalue weighted by Gasteiger charge is 2.13. The van der Waals surface area contributed by atoms with Crippen molar-refractivity contribution < 1.29 is 0 Å². The second-order valence-corrected chi connectivity index (χ2v) is 4.34. The van der Waals surface area contributed by atoms with Crippen LogP contribution in [0.5, 0.6) is 0 Å². The van der Waals surface area contributed by atoms with Crippen LogP contribution in [0.2, 0.25) is 0 Å². The van der Waals surface area contributed by atoms with E-state index in [0.29, 0.717) is 0 Å². The molecule has 74 valence electrons. The van der Waals surface area contributed by atoms with E-state index in [1.165, 1.54) is 10.4 Å². The topological polar surface area (TPSA) is 43.8 Å². The summed E-state index contributed by atoms with van der Waals surface area (Å²) in [5.41, 5.74) is 8.46. The van der Waals surface area contributed by atoms with Gasteiger partial charge < -0.3 is 5.73 Å². The summed E-state index contributed by atoms with van der Waals surface area (Å²) in [7, 11) is 1.90. The minimum Gasteiger partial charge on any atom is -0.320 e. The van der Waals surface area contributed by atoms with Gasteiger partial charge in [-0.05, 0) is 23.9 Å². The maximum Gasteiger partial charge on any atom is 0.0679 e. The maximum absolute atomic E-state index is 6.13. The molecule has 1 unspecified atom stereocenters. The Bertz CT molecular complexity index is 430. The summed E-state index contributed by atoms with van der Waals surface area (Å²) < 4.78 is 1.78. The Morgan fingerprint density at radius 1 is 1.57 bits per heavy atom. The van der Waals surface area contributed by atoms with Crippen molar-refractivity contribution in [1.82, 2.24) is 9.78 Å². The normalized spacial score (nSPS) is 13.1. The Kier molecular flexibility index (Phi) is 2.39.